The summed E-state index contributed by atoms with van der Waals surface area (Å²) in [5, 5.41) is 0. The van der Waals surface area contributed by atoms with Crippen molar-refractivity contribution in [2.24, 2.45) is 17.1 Å². The molecule has 1 aromatic heterocycles. The maximum absolute atomic E-state index is 5.65. The number of anilines is 1. The van der Waals surface area contributed by atoms with Crippen molar-refractivity contribution in [2.75, 3.05) is 18.0 Å². The van der Waals surface area contributed by atoms with E-state index < -0.39 is 0 Å². The quantitative estimate of drug-likeness (QED) is 0.890. The molecule has 0 spiro atoms. The van der Waals surface area contributed by atoms with E-state index in [1.165, 1.54) is 19.3 Å². The zero-order valence-corrected chi connectivity index (χ0v) is 12.4. The van der Waals surface area contributed by atoms with Gasteiger partial charge in [0.25, 0.3) is 0 Å². The predicted molar refractivity (Wildman–Crippen MR) is 78.9 cm³/mol. The lowest BCUT2D eigenvalue weighted by molar-refractivity contribution is 0.220. The normalized spacial score (nSPS) is 21.3. The van der Waals surface area contributed by atoms with Crippen LogP contribution in [0, 0.1) is 11.3 Å². The molecule has 2 N–H and O–H groups in total. The summed E-state index contributed by atoms with van der Waals surface area (Å²) in [4.78, 5) is 11.2. The van der Waals surface area contributed by atoms with Crippen LogP contribution in [0.2, 0.25) is 0 Å². The largest absolute Gasteiger partial charge is 0.341 e. The first-order valence-electron chi connectivity index (χ1n) is 7.27. The molecular formula is C15H26N4. The SMILES string of the molecule is CC(C)(C)C1CCCN(c2nccc(CN)n2)CC1. The molecule has 4 heteroatoms. The van der Waals surface area contributed by atoms with Crippen LogP contribution < -0.4 is 10.6 Å². The fourth-order valence-electron chi connectivity index (χ4n) is 2.81. The Morgan fingerprint density at radius 3 is 2.79 bits per heavy atom. The van der Waals surface area contributed by atoms with Gasteiger partial charge >= 0.3 is 0 Å². The van der Waals surface area contributed by atoms with Crippen LogP contribution in [0.15, 0.2) is 12.3 Å². The first kappa shape index (κ1) is 14.3. The van der Waals surface area contributed by atoms with Crippen molar-refractivity contribution in [1.82, 2.24) is 9.97 Å². The van der Waals surface area contributed by atoms with E-state index in [0.717, 1.165) is 30.6 Å². The van der Waals surface area contributed by atoms with E-state index in [2.05, 4.69) is 35.6 Å². The maximum atomic E-state index is 5.65. The topological polar surface area (TPSA) is 55.0 Å². The predicted octanol–water partition coefficient (Wildman–Crippen LogP) is 2.59. The van der Waals surface area contributed by atoms with Gasteiger partial charge in [-0.15, -0.1) is 0 Å². The lowest BCUT2D eigenvalue weighted by Crippen LogP contribution is -2.28. The molecule has 1 aromatic rings. The van der Waals surface area contributed by atoms with Crippen LogP contribution in [0.25, 0.3) is 0 Å². The van der Waals surface area contributed by atoms with Gasteiger partial charge in [-0.3, -0.25) is 0 Å². The molecule has 0 radical (unpaired) electrons. The van der Waals surface area contributed by atoms with Crippen LogP contribution in [0.1, 0.15) is 45.7 Å². The van der Waals surface area contributed by atoms with Crippen LogP contribution in [0.3, 0.4) is 0 Å². The van der Waals surface area contributed by atoms with E-state index in [-0.39, 0.29) is 0 Å². The second-order valence-electron chi connectivity index (χ2n) is 6.53. The molecule has 0 aromatic carbocycles. The Balaban J connectivity index is 2.06. The second-order valence-corrected chi connectivity index (χ2v) is 6.53. The monoisotopic (exact) mass is 262 g/mol. The van der Waals surface area contributed by atoms with E-state index in [0.29, 0.717) is 12.0 Å². The van der Waals surface area contributed by atoms with E-state index in [4.69, 9.17) is 5.73 Å². The molecule has 1 unspecified atom stereocenters. The van der Waals surface area contributed by atoms with Gasteiger partial charge < -0.3 is 10.6 Å². The highest BCUT2D eigenvalue weighted by atomic mass is 15.2. The number of hydrogen-bond acceptors (Lipinski definition) is 4. The van der Waals surface area contributed by atoms with Crippen LogP contribution in [-0.2, 0) is 6.54 Å². The molecule has 2 rings (SSSR count). The average molecular weight is 262 g/mol. The van der Waals surface area contributed by atoms with Crippen molar-refractivity contribution in [3.63, 3.8) is 0 Å². The van der Waals surface area contributed by atoms with E-state index in [1.54, 1.807) is 0 Å². The maximum Gasteiger partial charge on any atom is 0.225 e. The third-order valence-electron chi connectivity index (χ3n) is 4.15. The zero-order valence-electron chi connectivity index (χ0n) is 12.4. The third-order valence-corrected chi connectivity index (χ3v) is 4.15. The summed E-state index contributed by atoms with van der Waals surface area (Å²) in [7, 11) is 0. The molecule has 2 heterocycles. The van der Waals surface area contributed by atoms with E-state index >= 15 is 0 Å². The van der Waals surface area contributed by atoms with Gasteiger partial charge in [0.2, 0.25) is 5.95 Å². The summed E-state index contributed by atoms with van der Waals surface area (Å²) >= 11 is 0. The molecule has 0 aliphatic carbocycles. The summed E-state index contributed by atoms with van der Waals surface area (Å²) < 4.78 is 0. The highest BCUT2D eigenvalue weighted by Crippen LogP contribution is 2.34. The van der Waals surface area contributed by atoms with Gasteiger partial charge in [-0.2, -0.15) is 0 Å². The highest BCUT2D eigenvalue weighted by Gasteiger charge is 2.27. The summed E-state index contributed by atoms with van der Waals surface area (Å²) in [5.74, 6) is 1.63. The molecule has 1 aliphatic rings. The molecule has 1 atom stereocenters. The van der Waals surface area contributed by atoms with Crippen molar-refractivity contribution >= 4 is 5.95 Å². The minimum atomic E-state index is 0.399. The fourth-order valence-corrected chi connectivity index (χ4v) is 2.81. The standard InChI is InChI=1S/C15H26N4/c1-15(2,3)12-5-4-9-19(10-7-12)14-17-8-6-13(11-16)18-14/h6,8,12H,4-5,7,9-11,16H2,1-3H3. The van der Waals surface area contributed by atoms with Gasteiger partial charge in [0.1, 0.15) is 0 Å². The van der Waals surface area contributed by atoms with Crippen LogP contribution in [-0.4, -0.2) is 23.1 Å². The van der Waals surface area contributed by atoms with E-state index in [1.807, 2.05) is 12.3 Å². The molecular weight excluding hydrogens is 236 g/mol. The number of rotatable bonds is 2. The lowest BCUT2D eigenvalue weighted by Gasteiger charge is -2.29. The summed E-state index contributed by atoms with van der Waals surface area (Å²) in [6.07, 6.45) is 5.56. The summed E-state index contributed by atoms with van der Waals surface area (Å²) in [6, 6.07) is 1.89. The zero-order chi connectivity index (χ0) is 13.9. The van der Waals surface area contributed by atoms with Crippen molar-refractivity contribution in [1.29, 1.82) is 0 Å². The Labute approximate surface area is 116 Å². The van der Waals surface area contributed by atoms with Crippen LogP contribution in [0.5, 0.6) is 0 Å². The molecule has 1 aliphatic heterocycles. The first-order chi connectivity index (χ1) is 9.00. The van der Waals surface area contributed by atoms with Crippen molar-refractivity contribution in [3.05, 3.63) is 18.0 Å². The molecule has 4 nitrogen and oxygen atoms in total. The van der Waals surface area contributed by atoms with Crippen LogP contribution in [0.4, 0.5) is 5.95 Å². The van der Waals surface area contributed by atoms with Gasteiger partial charge in [-0.05, 0) is 36.7 Å². The average Bonchev–Trinajstić information content (AvgIpc) is 2.64. The Kier molecular flexibility index (Phi) is 4.40. The summed E-state index contributed by atoms with van der Waals surface area (Å²) in [6.45, 7) is 9.63. The van der Waals surface area contributed by atoms with Crippen molar-refractivity contribution in [2.45, 2.75) is 46.6 Å². The van der Waals surface area contributed by atoms with Gasteiger partial charge in [0.05, 0.1) is 5.69 Å². The Morgan fingerprint density at radius 1 is 1.32 bits per heavy atom. The van der Waals surface area contributed by atoms with Gasteiger partial charge in [-0.1, -0.05) is 20.8 Å². The fraction of sp³-hybridized carbons (Fsp3) is 0.733. The third kappa shape index (κ3) is 3.66. The van der Waals surface area contributed by atoms with Gasteiger partial charge in [0.15, 0.2) is 0 Å². The lowest BCUT2D eigenvalue weighted by atomic mass is 9.77. The number of nitrogens with two attached hydrogens (primary N) is 1. The number of aromatic nitrogens is 2. The molecule has 1 saturated heterocycles. The van der Waals surface area contributed by atoms with Crippen LogP contribution >= 0.6 is 0 Å². The number of hydrogen-bond donors (Lipinski definition) is 1. The molecule has 0 saturated carbocycles. The van der Waals surface area contributed by atoms with Gasteiger partial charge in [-0.25, -0.2) is 9.97 Å². The minimum Gasteiger partial charge on any atom is -0.341 e. The summed E-state index contributed by atoms with van der Waals surface area (Å²) in [5.41, 5.74) is 6.97. The van der Waals surface area contributed by atoms with Gasteiger partial charge in [0, 0.05) is 25.8 Å². The van der Waals surface area contributed by atoms with E-state index in [9.17, 15) is 0 Å². The molecule has 1 fully saturated rings. The first-order valence-corrected chi connectivity index (χ1v) is 7.27. The highest BCUT2D eigenvalue weighted by molar-refractivity contribution is 5.30. The molecule has 0 bridgehead atoms. The Bertz CT molecular complexity index is 411. The Morgan fingerprint density at radius 2 is 2.11 bits per heavy atom. The van der Waals surface area contributed by atoms with Crippen molar-refractivity contribution in [3.8, 4) is 0 Å². The molecule has 106 valence electrons. The smallest absolute Gasteiger partial charge is 0.225 e. The number of nitrogens with zero attached hydrogens (tertiary/aromatic N) is 3. The second kappa shape index (κ2) is 5.87. The van der Waals surface area contributed by atoms with Crippen molar-refractivity contribution < 1.29 is 0 Å². The molecule has 0 amide bonds. The Hall–Kier alpha value is -1.16. The minimum absolute atomic E-state index is 0.399. The molecule has 19 heavy (non-hydrogen) atoms.